The lowest BCUT2D eigenvalue weighted by molar-refractivity contribution is -0.161. The van der Waals surface area contributed by atoms with Gasteiger partial charge >= 0.3 is 25.7 Å². The Morgan fingerprint density at radius 3 is 1.47 bits per heavy atom. The molecule has 0 heterocycles. The maximum atomic E-state index is 12.9. The molecule has 0 saturated heterocycles. The van der Waals surface area contributed by atoms with Gasteiger partial charge in [-0.3, -0.25) is 47.4 Å². The van der Waals surface area contributed by atoms with Gasteiger partial charge in [0.05, 0.1) is 26.3 Å². The van der Waals surface area contributed by atoms with Crippen LogP contribution in [0.5, 0.6) is 0 Å². The summed E-state index contributed by atoms with van der Waals surface area (Å²) in [5.41, 5.74) is 0. The number of rotatable bonds is 57. The summed E-state index contributed by atoms with van der Waals surface area (Å²) in [7, 11) is -4.65. The van der Waals surface area contributed by atoms with Crippen LogP contribution in [-0.4, -0.2) is 108 Å². The summed E-state index contributed by atoms with van der Waals surface area (Å²) in [6.45, 7) is 3.74. The molecule has 78 heavy (non-hydrogen) atoms. The third-order valence-electron chi connectivity index (χ3n) is 13.1. The van der Waals surface area contributed by atoms with Crippen LogP contribution in [0.3, 0.4) is 0 Å². The topological polar surface area (TPSA) is 246 Å². The first kappa shape index (κ1) is 74.0. The smallest absolute Gasteiger partial charge is 0.472 e. The molecule has 0 bridgehead atoms. The Morgan fingerprint density at radius 1 is 0.474 bits per heavy atom. The van der Waals surface area contributed by atoms with E-state index in [4.69, 9.17) is 23.6 Å². The number of ketones is 3. The van der Waals surface area contributed by atoms with Crippen molar-refractivity contribution in [3.05, 3.63) is 24.3 Å². The fraction of sp³-hybridized carbons (Fsp3) is 0.800. The predicted octanol–water partition coefficient (Wildman–Crippen LogP) is 13.3. The van der Waals surface area contributed by atoms with Crippen molar-refractivity contribution in [3.8, 4) is 0 Å². The van der Waals surface area contributed by atoms with E-state index in [0.717, 1.165) is 81.9 Å². The van der Waals surface area contributed by atoms with Crippen LogP contribution < -0.4 is 5.32 Å². The van der Waals surface area contributed by atoms with E-state index >= 15 is 0 Å². The largest absolute Gasteiger partial charge is 0.480 e. The number of carboxylic acids is 1. The average molecular weight is 1130 g/mol. The number of carbonyl (C=O) groups excluding carboxylic acids is 7. The Kier molecular flexibility index (Phi) is 49.6. The van der Waals surface area contributed by atoms with Crippen molar-refractivity contribution in [3.63, 3.8) is 0 Å². The van der Waals surface area contributed by atoms with Gasteiger partial charge in [0, 0.05) is 51.4 Å². The van der Waals surface area contributed by atoms with Gasteiger partial charge in [0.25, 0.3) is 0 Å². The Bertz CT molecular complexity index is 1740. The van der Waals surface area contributed by atoms with E-state index in [9.17, 15) is 47.8 Å². The number of carboxylic acid groups (broad SMARTS) is 1. The van der Waals surface area contributed by atoms with Gasteiger partial charge in [-0.1, -0.05) is 148 Å². The fourth-order valence-electron chi connectivity index (χ4n) is 8.44. The van der Waals surface area contributed by atoms with Crippen molar-refractivity contribution in [2.45, 2.75) is 271 Å². The monoisotopic (exact) mass is 1120 g/mol. The van der Waals surface area contributed by atoms with Gasteiger partial charge in [0.15, 0.2) is 17.7 Å². The van der Waals surface area contributed by atoms with Crippen LogP contribution in [0.25, 0.3) is 0 Å². The molecular formula is C60H105N2O15P. The number of amides is 2. The Hall–Kier alpha value is -4.05. The van der Waals surface area contributed by atoms with E-state index < -0.39 is 62.6 Å². The first-order valence-electron chi connectivity index (χ1n) is 30.2. The SMILES string of the molecule is CCCCCCCC/C=C/CCCCCCCC(=O)OCC(COP(=O)(O)OCCCC(=O)CCCCC(=O)NCC(=O)CCC(=O)N(CC(=O)O)CC(=O)CCC)OC(=O)CCCCCCC/C=C/CCCCCCCC. The summed E-state index contributed by atoms with van der Waals surface area (Å²) in [6.07, 6.45) is 38.9. The first-order valence-corrected chi connectivity index (χ1v) is 31.7. The molecule has 0 aromatic carbocycles. The lowest BCUT2D eigenvalue weighted by Crippen LogP contribution is -2.39. The zero-order valence-electron chi connectivity index (χ0n) is 48.6. The minimum Gasteiger partial charge on any atom is -0.480 e. The molecule has 0 aliphatic carbocycles. The number of nitrogens with zero attached hydrogens (tertiary/aromatic N) is 1. The minimum absolute atomic E-state index is 0.0410. The number of nitrogens with one attached hydrogen (secondary N) is 1. The molecule has 18 heteroatoms. The maximum absolute atomic E-state index is 12.9. The molecule has 0 fully saturated rings. The summed E-state index contributed by atoms with van der Waals surface area (Å²) in [4.78, 5) is 109. The summed E-state index contributed by atoms with van der Waals surface area (Å²) in [5.74, 6) is -4.20. The zero-order valence-corrected chi connectivity index (χ0v) is 49.5. The van der Waals surface area contributed by atoms with Crippen LogP contribution in [-0.2, 0) is 61.4 Å². The number of ether oxygens (including phenoxy) is 2. The van der Waals surface area contributed by atoms with Gasteiger partial charge in [-0.15, -0.1) is 0 Å². The van der Waals surface area contributed by atoms with Gasteiger partial charge in [-0.25, -0.2) is 4.57 Å². The van der Waals surface area contributed by atoms with Gasteiger partial charge in [0.1, 0.15) is 18.9 Å². The van der Waals surface area contributed by atoms with Crippen LogP contribution in [0, 0.1) is 0 Å². The normalized spacial score (nSPS) is 12.6. The average Bonchev–Trinajstić information content (AvgIpc) is 3.40. The second kappa shape index (κ2) is 52.3. The second-order valence-corrected chi connectivity index (χ2v) is 22.1. The molecule has 0 rings (SSSR count). The Morgan fingerprint density at radius 2 is 0.949 bits per heavy atom. The molecular weight excluding hydrogens is 1020 g/mol. The van der Waals surface area contributed by atoms with Crippen LogP contribution in [0.2, 0.25) is 0 Å². The lowest BCUT2D eigenvalue weighted by Gasteiger charge is -2.20. The molecule has 0 aromatic heterocycles. The number of unbranched alkanes of at least 4 members (excludes halogenated alkanes) is 23. The minimum atomic E-state index is -4.65. The van der Waals surface area contributed by atoms with Gasteiger partial charge in [0.2, 0.25) is 11.8 Å². The maximum Gasteiger partial charge on any atom is 0.472 e. The Labute approximate surface area is 469 Å². The van der Waals surface area contributed by atoms with Gasteiger partial charge < -0.3 is 29.7 Å². The highest BCUT2D eigenvalue weighted by molar-refractivity contribution is 7.47. The fourth-order valence-corrected chi connectivity index (χ4v) is 9.23. The molecule has 0 radical (unpaired) electrons. The molecule has 17 nitrogen and oxygen atoms in total. The van der Waals surface area contributed by atoms with Crippen LogP contribution in [0.15, 0.2) is 24.3 Å². The van der Waals surface area contributed by atoms with E-state index in [1.54, 1.807) is 6.92 Å². The summed E-state index contributed by atoms with van der Waals surface area (Å²) in [6, 6.07) is 0. The quantitative estimate of drug-likeness (QED) is 0.0222. The number of phosphoric acid groups is 1. The van der Waals surface area contributed by atoms with Crippen LogP contribution in [0.1, 0.15) is 265 Å². The van der Waals surface area contributed by atoms with E-state index in [2.05, 4.69) is 43.5 Å². The molecule has 3 N–H and O–H groups in total. The predicted molar refractivity (Wildman–Crippen MR) is 306 cm³/mol. The van der Waals surface area contributed by atoms with Crippen molar-refractivity contribution >= 4 is 54.9 Å². The molecule has 2 atom stereocenters. The summed E-state index contributed by atoms with van der Waals surface area (Å²) < 4.78 is 34.1. The number of esters is 2. The third kappa shape index (κ3) is 50.2. The number of hydrogen-bond acceptors (Lipinski definition) is 13. The molecule has 0 aromatic rings. The summed E-state index contributed by atoms with van der Waals surface area (Å²) >= 11 is 0. The van der Waals surface area contributed by atoms with E-state index in [1.807, 2.05) is 0 Å². The van der Waals surface area contributed by atoms with E-state index in [1.165, 1.54) is 77.0 Å². The highest BCUT2D eigenvalue weighted by Crippen LogP contribution is 2.43. The van der Waals surface area contributed by atoms with E-state index in [-0.39, 0.29) is 95.7 Å². The van der Waals surface area contributed by atoms with E-state index in [0.29, 0.717) is 32.1 Å². The number of phosphoric ester groups is 1. The zero-order chi connectivity index (χ0) is 57.8. The molecule has 2 amide bonds. The van der Waals surface area contributed by atoms with Crippen LogP contribution >= 0.6 is 7.82 Å². The van der Waals surface area contributed by atoms with Gasteiger partial charge in [-0.05, 0) is 89.9 Å². The van der Waals surface area contributed by atoms with Crippen molar-refractivity contribution < 1.29 is 71.4 Å². The highest BCUT2D eigenvalue weighted by Gasteiger charge is 2.26. The molecule has 0 saturated carbocycles. The lowest BCUT2D eigenvalue weighted by atomic mass is 10.1. The molecule has 0 aliphatic rings. The van der Waals surface area contributed by atoms with Crippen molar-refractivity contribution in [2.24, 2.45) is 0 Å². The number of aliphatic carboxylic acids is 1. The van der Waals surface area contributed by atoms with Crippen molar-refractivity contribution in [2.75, 3.05) is 39.5 Å². The summed E-state index contributed by atoms with van der Waals surface area (Å²) in [5, 5.41) is 11.6. The second-order valence-electron chi connectivity index (χ2n) is 20.7. The number of hydrogen-bond donors (Lipinski definition) is 3. The first-order chi connectivity index (χ1) is 37.6. The third-order valence-corrected chi connectivity index (χ3v) is 14.1. The van der Waals surface area contributed by atoms with Crippen LogP contribution in [0.4, 0.5) is 0 Å². The number of Topliss-reactive ketones (excluding diaryl/α,β-unsaturated/α-hetero) is 3. The van der Waals surface area contributed by atoms with Crippen molar-refractivity contribution in [1.29, 1.82) is 0 Å². The molecule has 2 unspecified atom stereocenters. The number of allylic oxidation sites excluding steroid dienone is 4. The van der Waals surface area contributed by atoms with Gasteiger partial charge in [-0.2, -0.15) is 0 Å². The molecule has 450 valence electrons. The van der Waals surface area contributed by atoms with Crippen molar-refractivity contribution in [1.82, 2.24) is 10.2 Å². The standard InChI is InChI=1S/C60H105N2O15P/c1-4-7-9-11-13-15-17-19-21-23-25-27-29-31-33-42-59(70)74-50-55(77-60(71)43-34-32-30-28-26-24-22-20-18-16-14-12-10-8-5-2)51-76-78(72,73)75-46-37-40-52(63)39-35-36-41-56(66)61-47-53(64)44-45-57(67)62(49-58(68)69)48-54(65)38-6-3/h19-22,55H,4-18,23-51H2,1-3H3,(H,61,66)(H,68,69)(H,72,73)/b21-19+,22-20+. The number of carbonyl (C=O) groups is 8. The Balaban J connectivity index is 4.73. The highest BCUT2D eigenvalue weighted by atomic mass is 31.2. The molecule has 0 spiro atoms. The molecule has 0 aliphatic heterocycles.